The Kier molecular flexibility index (Phi) is 3.99. The monoisotopic (exact) mass is 249 g/mol. The molecule has 94 valence electrons. The topological polar surface area (TPSA) is 105 Å². The highest BCUT2D eigenvalue weighted by atomic mass is 16.5. The Balaban J connectivity index is 3.41. The summed E-state index contributed by atoms with van der Waals surface area (Å²) in [6.07, 6.45) is 0. The van der Waals surface area contributed by atoms with Crippen molar-refractivity contribution in [2.75, 3.05) is 10.1 Å². The van der Waals surface area contributed by atoms with Gasteiger partial charge in [-0.2, -0.15) is 15.4 Å². The Labute approximate surface area is 103 Å². The van der Waals surface area contributed by atoms with Gasteiger partial charge in [-0.25, -0.2) is 0 Å². The molecule has 0 aliphatic rings. The van der Waals surface area contributed by atoms with Crippen LogP contribution in [-0.2, 0) is 9.59 Å². The molecule has 0 bridgehead atoms. The average molecular weight is 249 g/mol. The number of benzene rings is 1. The van der Waals surface area contributed by atoms with Gasteiger partial charge in [0.2, 0.25) is 11.8 Å². The van der Waals surface area contributed by atoms with Crippen molar-refractivity contribution >= 4 is 23.2 Å². The molecule has 0 aliphatic heterocycles. The van der Waals surface area contributed by atoms with Gasteiger partial charge in [0.15, 0.2) is 0 Å². The Hall–Kier alpha value is -2.43. The van der Waals surface area contributed by atoms with Gasteiger partial charge in [0.05, 0.1) is 11.4 Å². The van der Waals surface area contributed by atoms with Crippen LogP contribution in [0.1, 0.15) is 19.4 Å². The SMILES string of the molecule is CC(=O)N(O)c1cccc(N(O)C(C)=O)c1C#N. The van der Waals surface area contributed by atoms with Crippen molar-refractivity contribution < 1.29 is 20.0 Å². The van der Waals surface area contributed by atoms with Crippen molar-refractivity contribution in [2.45, 2.75) is 13.8 Å². The number of nitriles is 1. The average Bonchev–Trinajstić information content (AvgIpc) is 2.35. The number of hydroxylamine groups is 2. The van der Waals surface area contributed by atoms with Gasteiger partial charge in [0, 0.05) is 13.8 Å². The summed E-state index contributed by atoms with van der Waals surface area (Å²) in [6, 6.07) is 5.75. The highest BCUT2D eigenvalue weighted by molar-refractivity contribution is 5.95. The maximum absolute atomic E-state index is 11.1. The quantitative estimate of drug-likeness (QED) is 0.601. The summed E-state index contributed by atoms with van der Waals surface area (Å²) < 4.78 is 0. The van der Waals surface area contributed by atoms with Gasteiger partial charge in [0.1, 0.15) is 11.6 Å². The lowest BCUT2D eigenvalue weighted by atomic mass is 10.1. The van der Waals surface area contributed by atoms with Crippen LogP contribution < -0.4 is 10.1 Å². The molecule has 1 aromatic rings. The van der Waals surface area contributed by atoms with Crippen molar-refractivity contribution in [1.29, 1.82) is 5.26 Å². The molecule has 1 rings (SSSR count). The summed E-state index contributed by atoms with van der Waals surface area (Å²) in [4.78, 5) is 22.1. The third-order valence-corrected chi connectivity index (χ3v) is 2.19. The Morgan fingerprint density at radius 3 is 1.78 bits per heavy atom. The zero-order valence-corrected chi connectivity index (χ0v) is 9.78. The first-order valence-corrected chi connectivity index (χ1v) is 4.92. The van der Waals surface area contributed by atoms with Crippen LogP contribution in [0.4, 0.5) is 11.4 Å². The number of rotatable bonds is 2. The molecule has 7 nitrogen and oxygen atoms in total. The van der Waals surface area contributed by atoms with Crippen molar-refractivity contribution in [3.8, 4) is 6.07 Å². The molecule has 0 saturated carbocycles. The third kappa shape index (κ3) is 2.45. The van der Waals surface area contributed by atoms with Crippen LogP contribution in [-0.4, -0.2) is 22.2 Å². The van der Waals surface area contributed by atoms with Crippen LogP contribution >= 0.6 is 0 Å². The second-order valence-corrected chi connectivity index (χ2v) is 3.44. The van der Waals surface area contributed by atoms with E-state index < -0.39 is 11.8 Å². The first-order valence-electron chi connectivity index (χ1n) is 4.92. The van der Waals surface area contributed by atoms with Gasteiger partial charge >= 0.3 is 0 Å². The fourth-order valence-corrected chi connectivity index (χ4v) is 1.34. The number of nitrogens with zero attached hydrogens (tertiary/aromatic N) is 3. The highest BCUT2D eigenvalue weighted by Gasteiger charge is 2.20. The van der Waals surface area contributed by atoms with E-state index in [2.05, 4.69) is 0 Å². The summed E-state index contributed by atoms with van der Waals surface area (Å²) in [5, 5.41) is 28.6. The molecule has 0 heterocycles. The number of carbonyl (C=O) groups is 2. The molecule has 0 fully saturated rings. The van der Waals surface area contributed by atoms with E-state index in [4.69, 9.17) is 5.26 Å². The van der Waals surface area contributed by atoms with E-state index in [1.54, 1.807) is 6.07 Å². The van der Waals surface area contributed by atoms with Gasteiger partial charge < -0.3 is 0 Å². The van der Waals surface area contributed by atoms with E-state index in [1.165, 1.54) is 18.2 Å². The Bertz CT molecular complexity index is 497. The molecular weight excluding hydrogens is 238 g/mol. The molecule has 1 aromatic carbocycles. The van der Waals surface area contributed by atoms with E-state index in [-0.39, 0.29) is 27.1 Å². The lowest BCUT2D eigenvalue weighted by Crippen LogP contribution is -2.28. The smallest absolute Gasteiger partial charge is 0.247 e. The molecule has 0 spiro atoms. The van der Waals surface area contributed by atoms with Crippen molar-refractivity contribution in [1.82, 2.24) is 0 Å². The van der Waals surface area contributed by atoms with Gasteiger partial charge in [0.25, 0.3) is 0 Å². The minimum Gasteiger partial charge on any atom is -0.281 e. The molecule has 0 aromatic heterocycles. The van der Waals surface area contributed by atoms with E-state index in [0.29, 0.717) is 0 Å². The molecule has 2 amide bonds. The van der Waals surface area contributed by atoms with Gasteiger partial charge in [-0.05, 0) is 12.1 Å². The van der Waals surface area contributed by atoms with Gasteiger partial charge in [-0.15, -0.1) is 0 Å². The van der Waals surface area contributed by atoms with E-state index in [1.807, 2.05) is 0 Å². The molecule has 7 heteroatoms. The molecule has 0 aliphatic carbocycles. The maximum atomic E-state index is 11.1. The highest BCUT2D eigenvalue weighted by Crippen LogP contribution is 2.28. The van der Waals surface area contributed by atoms with Crippen LogP contribution in [0.15, 0.2) is 18.2 Å². The first kappa shape index (κ1) is 13.6. The zero-order chi connectivity index (χ0) is 13.9. The van der Waals surface area contributed by atoms with Crippen LogP contribution in [0.3, 0.4) is 0 Å². The fraction of sp³-hybridized carbons (Fsp3) is 0.182. The lowest BCUT2D eigenvalue weighted by molar-refractivity contribution is -0.122. The summed E-state index contributed by atoms with van der Waals surface area (Å²) in [6.45, 7) is 2.21. The van der Waals surface area contributed by atoms with Gasteiger partial charge in [-0.3, -0.25) is 20.0 Å². The molecule has 2 N–H and O–H groups in total. The Morgan fingerprint density at radius 2 is 1.50 bits per heavy atom. The van der Waals surface area contributed by atoms with Crippen LogP contribution in [0.2, 0.25) is 0 Å². The molecule has 0 atom stereocenters. The second-order valence-electron chi connectivity index (χ2n) is 3.44. The molecule has 0 saturated heterocycles. The largest absolute Gasteiger partial charge is 0.281 e. The van der Waals surface area contributed by atoms with E-state index >= 15 is 0 Å². The summed E-state index contributed by atoms with van der Waals surface area (Å²) in [5.74, 6) is -1.40. The van der Waals surface area contributed by atoms with Crippen LogP contribution in [0.25, 0.3) is 0 Å². The number of hydrogen-bond acceptors (Lipinski definition) is 5. The summed E-state index contributed by atoms with van der Waals surface area (Å²) in [5.41, 5.74) is -0.404. The Morgan fingerprint density at radius 1 is 1.11 bits per heavy atom. The predicted molar refractivity (Wildman–Crippen MR) is 61.1 cm³/mol. The minimum atomic E-state index is -0.698. The number of anilines is 2. The molecule has 0 radical (unpaired) electrons. The normalized spacial score (nSPS) is 9.50. The molecule has 0 unspecified atom stereocenters. The van der Waals surface area contributed by atoms with Crippen LogP contribution in [0.5, 0.6) is 0 Å². The van der Waals surface area contributed by atoms with Crippen molar-refractivity contribution in [2.24, 2.45) is 0 Å². The van der Waals surface area contributed by atoms with Crippen molar-refractivity contribution in [3.63, 3.8) is 0 Å². The van der Waals surface area contributed by atoms with E-state index in [9.17, 15) is 20.0 Å². The predicted octanol–water partition coefficient (Wildman–Crippen LogP) is 1.04. The number of hydrogen-bond donors (Lipinski definition) is 2. The van der Waals surface area contributed by atoms with Crippen LogP contribution in [0, 0.1) is 11.3 Å². The summed E-state index contributed by atoms with van der Waals surface area (Å²) >= 11 is 0. The maximum Gasteiger partial charge on any atom is 0.247 e. The first-order chi connectivity index (χ1) is 8.40. The van der Waals surface area contributed by atoms with Crippen molar-refractivity contribution in [3.05, 3.63) is 23.8 Å². The summed E-state index contributed by atoms with van der Waals surface area (Å²) in [7, 11) is 0. The zero-order valence-electron chi connectivity index (χ0n) is 9.78. The third-order valence-electron chi connectivity index (χ3n) is 2.19. The minimum absolute atomic E-state index is 0.109. The lowest BCUT2D eigenvalue weighted by Gasteiger charge is -2.19. The second kappa shape index (κ2) is 5.27. The molecule has 18 heavy (non-hydrogen) atoms. The standard InChI is InChI=1S/C11H11N3O4/c1-7(15)13(17)10-4-3-5-11(9(10)6-12)14(18)8(2)16/h3-5,17-18H,1-2H3. The number of amides is 2. The van der Waals surface area contributed by atoms with E-state index in [0.717, 1.165) is 13.8 Å². The van der Waals surface area contributed by atoms with Gasteiger partial charge in [-0.1, -0.05) is 6.07 Å². The number of carbonyl (C=O) groups excluding carboxylic acids is 2. The molecular formula is C11H11N3O4. The fourth-order valence-electron chi connectivity index (χ4n) is 1.34.